The van der Waals surface area contributed by atoms with Crippen LogP contribution in [0.1, 0.15) is 23.2 Å². The van der Waals surface area contributed by atoms with Crippen LogP contribution in [-0.2, 0) is 16.0 Å². The van der Waals surface area contributed by atoms with Gasteiger partial charge in [0, 0.05) is 26.1 Å². The number of methoxy groups -OCH3 is 1. The van der Waals surface area contributed by atoms with E-state index in [0.29, 0.717) is 31.0 Å². The molecule has 1 saturated heterocycles. The summed E-state index contributed by atoms with van der Waals surface area (Å²) in [5, 5.41) is 7.09. The monoisotopic (exact) mass is 346 g/mol. The van der Waals surface area contributed by atoms with Gasteiger partial charge in [-0.3, -0.25) is 9.48 Å². The number of anilines is 1. The number of amides is 1. The number of aromatic nitrogens is 3. The van der Waals surface area contributed by atoms with Gasteiger partial charge >= 0.3 is 0 Å². The second-order valence-electron chi connectivity index (χ2n) is 5.74. The van der Waals surface area contributed by atoms with Crippen molar-refractivity contribution in [2.75, 3.05) is 32.2 Å². The summed E-state index contributed by atoms with van der Waals surface area (Å²) in [6, 6.07) is 3.36. The van der Waals surface area contributed by atoms with Gasteiger partial charge in [0.25, 0.3) is 5.91 Å². The number of nitrogens with one attached hydrogen (secondary N) is 1. The van der Waals surface area contributed by atoms with Crippen molar-refractivity contribution in [1.82, 2.24) is 14.8 Å². The van der Waals surface area contributed by atoms with E-state index in [1.54, 1.807) is 42.5 Å². The molecule has 1 amide bonds. The summed E-state index contributed by atoms with van der Waals surface area (Å²) in [6.07, 6.45) is 7.32. The van der Waals surface area contributed by atoms with Crippen LogP contribution < -0.4 is 10.1 Å². The number of pyridine rings is 1. The third-order valence-electron chi connectivity index (χ3n) is 3.85. The fraction of sp³-hybridized carbons (Fsp3) is 0.471. The highest BCUT2D eigenvalue weighted by molar-refractivity contribution is 6.05. The van der Waals surface area contributed by atoms with Gasteiger partial charge in [0.2, 0.25) is 5.88 Å². The largest absolute Gasteiger partial charge is 0.475 e. The first kappa shape index (κ1) is 17.4. The van der Waals surface area contributed by atoms with Crippen molar-refractivity contribution >= 4 is 11.6 Å². The topological polar surface area (TPSA) is 87.5 Å². The maximum atomic E-state index is 12.5. The maximum Gasteiger partial charge on any atom is 0.261 e. The van der Waals surface area contributed by atoms with E-state index in [-0.39, 0.29) is 17.9 Å². The van der Waals surface area contributed by atoms with Crippen LogP contribution in [0, 0.1) is 0 Å². The second kappa shape index (κ2) is 8.59. The van der Waals surface area contributed by atoms with Crippen molar-refractivity contribution in [2.24, 2.45) is 0 Å². The fourth-order valence-electron chi connectivity index (χ4n) is 2.62. The molecule has 0 bridgehead atoms. The Balaban J connectivity index is 1.61. The van der Waals surface area contributed by atoms with Crippen LogP contribution in [0.4, 0.5) is 5.69 Å². The Kier molecular flexibility index (Phi) is 5.97. The van der Waals surface area contributed by atoms with Gasteiger partial charge in [0.1, 0.15) is 12.2 Å². The third-order valence-corrected chi connectivity index (χ3v) is 3.85. The minimum Gasteiger partial charge on any atom is -0.475 e. The molecule has 8 nitrogen and oxygen atoms in total. The Morgan fingerprint density at radius 1 is 1.48 bits per heavy atom. The number of ether oxygens (including phenoxy) is 3. The molecule has 2 aromatic rings. The van der Waals surface area contributed by atoms with Gasteiger partial charge in [-0.25, -0.2) is 4.98 Å². The van der Waals surface area contributed by atoms with E-state index in [1.807, 2.05) is 0 Å². The van der Waals surface area contributed by atoms with Crippen LogP contribution in [-0.4, -0.2) is 53.7 Å². The van der Waals surface area contributed by atoms with Crippen molar-refractivity contribution in [2.45, 2.75) is 25.5 Å². The van der Waals surface area contributed by atoms with Crippen LogP contribution in [0.2, 0.25) is 0 Å². The minimum absolute atomic E-state index is 0.197. The van der Waals surface area contributed by atoms with Crippen molar-refractivity contribution < 1.29 is 19.0 Å². The van der Waals surface area contributed by atoms with Crippen molar-refractivity contribution in [3.05, 3.63) is 36.3 Å². The standard InChI is InChI=1S/C17H22N4O4/c1-23-8-9-25-17-15(5-2-6-18-17)16(22)20-13-10-19-21(11-13)12-14-4-3-7-24-14/h2,5-6,10-11,14H,3-4,7-9,12H2,1H3,(H,20,22)/t14-/m0/s1. The Bertz CT molecular complexity index is 697. The molecule has 1 atom stereocenters. The molecular weight excluding hydrogens is 324 g/mol. The van der Waals surface area contributed by atoms with Gasteiger partial charge in [-0.05, 0) is 25.0 Å². The molecule has 3 rings (SSSR count). The van der Waals surface area contributed by atoms with Gasteiger partial charge in [-0.2, -0.15) is 5.10 Å². The lowest BCUT2D eigenvalue weighted by atomic mass is 10.2. The average Bonchev–Trinajstić information content (AvgIpc) is 3.28. The zero-order valence-electron chi connectivity index (χ0n) is 14.2. The Morgan fingerprint density at radius 3 is 3.20 bits per heavy atom. The summed E-state index contributed by atoms with van der Waals surface area (Å²) in [4.78, 5) is 16.6. The summed E-state index contributed by atoms with van der Waals surface area (Å²) in [5.74, 6) is -0.0130. The highest BCUT2D eigenvalue weighted by Crippen LogP contribution is 2.18. The highest BCUT2D eigenvalue weighted by atomic mass is 16.5. The van der Waals surface area contributed by atoms with E-state index >= 15 is 0 Å². The second-order valence-corrected chi connectivity index (χ2v) is 5.74. The molecule has 2 aromatic heterocycles. The van der Waals surface area contributed by atoms with Crippen molar-refractivity contribution in [3.63, 3.8) is 0 Å². The number of hydrogen-bond donors (Lipinski definition) is 1. The Hall–Kier alpha value is -2.45. The lowest BCUT2D eigenvalue weighted by Gasteiger charge is -2.10. The first-order valence-corrected chi connectivity index (χ1v) is 8.28. The average molecular weight is 346 g/mol. The summed E-state index contributed by atoms with van der Waals surface area (Å²) >= 11 is 0. The summed E-state index contributed by atoms with van der Waals surface area (Å²) < 4.78 is 17.8. The molecule has 0 aromatic carbocycles. The van der Waals surface area contributed by atoms with Crippen molar-refractivity contribution in [1.29, 1.82) is 0 Å². The van der Waals surface area contributed by atoms with Crippen LogP contribution in [0.3, 0.4) is 0 Å². The minimum atomic E-state index is -0.294. The molecule has 1 aliphatic heterocycles. The van der Waals surface area contributed by atoms with Crippen molar-refractivity contribution in [3.8, 4) is 5.88 Å². The van der Waals surface area contributed by atoms with Gasteiger partial charge in [0.15, 0.2) is 0 Å². The summed E-state index contributed by atoms with van der Waals surface area (Å²) in [7, 11) is 1.59. The zero-order chi connectivity index (χ0) is 17.5. The van der Waals surface area contributed by atoms with Crippen LogP contribution >= 0.6 is 0 Å². The molecule has 0 unspecified atom stereocenters. The Morgan fingerprint density at radius 2 is 2.40 bits per heavy atom. The van der Waals surface area contributed by atoms with E-state index in [9.17, 15) is 4.79 Å². The molecule has 0 radical (unpaired) electrons. The maximum absolute atomic E-state index is 12.5. The zero-order valence-corrected chi connectivity index (χ0v) is 14.2. The van der Waals surface area contributed by atoms with Crippen LogP contribution in [0.5, 0.6) is 5.88 Å². The molecule has 134 valence electrons. The molecule has 1 aliphatic rings. The lowest BCUT2D eigenvalue weighted by molar-refractivity contribution is 0.0940. The molecule has 8 heteroatoms. The van der Waals surface area contributed by atoms with Crippen LogP contribution in [0.15, 0.2) is 30.7 Å². The predicted molar refractivity (Wildman–Crippen MR) is 90.8 cm³/mol. The fourth-order valence-corrected chi connectivity index (χ4v) is 2.62. The lowest BCUT2D eigenvalue weighted by Crippen LogP contribution is -2.16. The predicted octanol–water partition coefficient (Wildman–Crippen LogP) is 1.73. The highest BCUT2D eigenvalue weighted by Gasteiger charge is 2.18. The van der Waals surface area contributed by atoms with Gasteiger partial charge < -0.3 is 19.5 Å². The summed E-state index contributed by atoms with van der Waals surface area (Å²) in [5.41, 5.74) is 0.986. The molecule has 0 spiro atoms. The summed E-state index contributed by atoms with van der Waals surface area (Å²) in [6.45, 7) is 2.25. The first-order valence-electron chi connectivity index (χ1n) is 8.28. The van der Waals surface area contributed by atoms with Gasteiger partial charge in [-0.1, -0.05) is 0 Å². The number of hydrogen-bond acceptors (Lipinski definition) is 6. The number of rotatable bonds is 8. The van der Waals surface area contributed by atoms with E-state index in [1.165, 1.54) is 0 Å². The molecule has 1 fully saturated rings. The van der Waals surface area contributed by atoms with Crippen LogP contribution in [0.25, 0.3) is 0 Å². The molecule has 3 heterocycles. The Labute approximate surface area is 146 Å². The molecule has 1 N–H and O–H groups in total. The first-order chi connectivity index (χ1) is 12.3. The van der Waals surface area contributed by atoms with Gasteiger partial charge in [-0.15, -0.1) is 0 Å². The third kappa shape index (κ3) is 4.77. The smallest absolute Gasteiger partial charge is 0.261 e. The molecule has 0 aliphatic carbocycles. The molecular formula is C17H22N4O4. The molecule has 0 saturated carbocycles. The number of carbonyl (C=O) groups excluding carboxylic acids is 1. The number of carbonyl (C=O) groups is 1. The van der Waals surface area contributed by atoms with E-state index in [0.717, 1.165) is 19.4 Å². The van der Waals surface area contributed by atoms with Gasteiger partial charge in [0.05, 0.1) is 31.1 Å². The SMILES string of the molecule is COCCOc1ncccc1C(=O)Nc1cnn(C[C@@H]2CCCO2)c1. The number of nitrogens with zero attached hydrogens (tertiary/aromatic N) is 3. The van der Waals surface area contributed by atoms with E-state index in [4.69, 9.17) is 14.2 Å². The molecule has 25 heavy (non-hydrogen) atoms. The van der Waals surface area contributed by atoms with E-state index in [2.05, 4.69) is 15.4 Å². The quantitative estimate of drug-likeness (QED) is 0.733. The normalized spacial score (nSPS) is 16.8. The van der Waals surface area contributed by atoms with E-state index < -0.39 is 0 Å².